The van der Waals surface area contributed by atoms with Crippen molar-refractivity contribution in [3.05, 3.63) is 34.3 Å². The molecule has 0 bridgehead atoms. The van der Waals surface area contributed by atoms with Gasteiger partial charge in [0, 0.05) is 17.1 Å². The van der Waals surface area contributed by atoms with Gasteiger partial charge < -0.3 is 5.32 Å². The van der Waals surface area contributed by atoms with Gasteiger partial charge in [0.05, 0.1) is 5.92 Å². The van der Waals surface area contributed by atoms with Crippen LogP contribution < -0.4 is 5.32 Å². The molecule has 0 aromatic heterocycles. The first kappa shape index (κ1) is 16.7. The Bertz CT molecular complexity index is 480. The second-order valence-corrected chi connectivity index (χ2v) is 8.00. The standard InChI is InChI=1S/C18H26BrNO/c1-13(21)17(14-6-8-15(19)9-7-14)12-20-16-5-4-10-18(2,3)11-16/h6-9,16-17,20H,4-5,10-12H2,1-3H3/t16?,17-/m0/s1. The first-order valence-corrected chi connectivity index (χ1v) is 8.66. The van der Waals surface area contributed by atoms with Gasteiger partial charge in [0.15, 0.2) is 0 Å². The van der Waals surface area contributed by atoms with E-state index in [0.29, 0.717) is 11.5 Å². The van der Waals surface area contributed by atoms with Gasteiger partial charge in [-0.2, -0.15) is 0 Å². The lowest BCUT2D eigenvalue weighted by Gasteiger charge is -2.36. The Morgan fingerprint density at radius 3 is 2.62 bits per heavy atom. The zero-order chi connectivity index (χ0) is 15.5. The van der Waals surface area contributed by atoms with Crippen molar-refractivity contribution in [3.63, 3.8) is 0 Å². The number of nitrogens with one attached hydrogen (secondary N) is 1. The Hall–Kier alpha value is -0.670. The highest BCUT2D eigenvalue weighted by Crippen LogP contribution is 2.35. The third-order valence-corrected chi connectivity index (χ3v) is 5.11. The van der Waals surface area contributed by atoms with E-state index in [1.807, 2.05) is 24.3 Å². The average molecular weight is 352 g/mol. The van der Waals surface area contributed by atoms with E-state index in [9.17, 15) is 4.79 Å². The molecule has 116 valence electrons. The second-order valence-electron chi connectivity index (χ2n) is 7.08. The van der Waals surface area contributed by atoms with E-state index in [1.165, 1.54) is 25.7 Å². The van der Waals surface area contributed by atoms with Gasteiger partial charge in [-0.25, -0.2) is 0 Å². The highest BCUT2D eigenvalue weighted by molar-refractivity contribution is 9.10. The first-order chi connectivity index (χ1) is 9.87. The van der Waals surface area contributed by atoms with Crippen LogP contribution in [0.15, 0.2) is 28.7 Å². The molecule has 0 amide bonds. The summed E-state index contributed by atoms with van der Waals surface area (Å²) >= 11 is 3.45. The lowest BCUT2D eigenvalue weighted by Crippen LogP contribution is -2.40. The predicted molar refractivity (Wildman–Crippen MR) is 91.6 cm³/mol. The van der Waals surface area contributed by atoms with Crippen molar-refractivity contribution in [2.24, 2.45) is 5.41 Å². The third-order valence-electron chi connectivity index (χ3n) is 4.58. The number of hydrogen-bond donors (Lipinski definition) is 1. The van der Waals surface area contributed by atoms with E-state index in [0.717, 1.165) is 16.6 Å². The molecule has 0 radical (unpaired) electrons. The summed E-state index contributed by atoms with van der Waals surface area (Å²) in [5.74, 6) is 0.197. The Balaban J connectivity index is 1.97. The van der Waals surface area contributed by atoms with E-state index in [1.54, 1.807) is 6.92 Å². The molecule has 2 rings (SSSR count). The minimum absolute atomic E-state index is 0.0388. The normalized spacial score (nSPS) is 22.8. The van der Waals surface area contributed by atoms with Crippen molar-refractivity contribution in [1.29, 1.82) is 0 Å². The number of benzene rings is 1. The number of Topliss-reactive ketones (excluding diaryl/α,β-unsaturated/α-hetero) is 1. The average Bonchev–Trinajstić information content (AvgIpc) is 2.39. The fourth-order valence-corrected chi connectivity index (χ4v) is 3.61. The largest absolute Gasteiger partial charge is 0.313 e. The van der Waals surface area contributed by atoms with Crippen LogP contribution in [-0.4, -0.2) is 18.4 Å². The Labute approximate surface area is 136 Å². The molecule has 1 N–H and O–H groups in total. The topological polar surface area (TPSA) is 29.1 Å². The maximum Gasteiger partial charge on any atom is 0.138 e. The van der Waals surface area contributed by atoms with Gasteiger partial charge in [0.1, 0.15) is 5.78 Å². The molecule has 1 aromatic carbocycles. The van der Waals surface area contributed by atoms with Crippen LogP contribution in [0.2, 0.25) is 0 Å². The monoisotopic (exact) mass is 351 g/mol. The van der Waals surface area contributed by atoms with Crippen LogP contribution in [-0.2, 0) is 4.79 Å². The van der Waals surface area contributed by atoms with Gasteiger partial charge in [0.25, 0.3) is 0 Å². The SMILES string of the molecule is CC(=O)[C@H](CNC1CCCC(C)(C)C1)c1ccc(Br)cc1. The smallest absolute Gasteiger partial charge is 0.138 e. The molecular weight excluding hydrogens is 326 g/mol. The predicted octanol–water partition coefficient (Wildman–Crippen LogP) is 4.68. The molecule has 1 aromatic rings. The van der Waals surface area contributed by atoms with Gasteiger partial charge in [-0.3, -0.25) is 4.79 Å². The maximum atomic E-state index is 12.0. The third kappa shape index (κ3) is 4.93. The molecule has 0 aliphatic heterocycles. The molecule has 1 unspecified atom stereocenters. The quantitative estimate of drug-likeness (QED) is 0.834. The lowest BCUT2D eigenvalue weighted by molar-refractivity contribution is -0.118. The number of ketones is 1. The summed E-state index contributed by atoms with van der Waals surface area (Å²) in [5.41, 5.74) is 1.53. The second kappa shape index (κ2) is 7.06. The highest BCUT2D eigenvalue weighted by atomic mass is 79.9. The maximum absolute atomic E-state index is 12.0. The van der Waals surface area contributed by atoms with Crippen molar-refractivity contribution in [1.82, 2.24) is 5.32 Å². The number of halogens is 1. The van der Waals surface area contributed by atoms with Crippen molar-refractivity contribution >= 4 is 21.7 Å². The summed E-state index contributed by atoms with van der Waals surface area (Å²) in [6.07, 6.45) is 5.04. The van der Waals surface area contributed by atoms with E-state index >= 15 is 0 Å². The van der Waals surface area contributed by atoms with Crippen LogP contribution in [0, 0.1) is 5.41 Å². The van der Waals surface area contributed by atoms with Crippen molar-refractivity contribution in [3.8, 4) is 0 Å². The van der Waals surface area contributed by atoms with Crippen LogP contribution in [0.1, 0.15) is 57.9 Å². The number of carbonyl (C=O) groups excluding carboxylic acids is 1. The molecule has 0 heterocycles. The van der Waals surface area contributed by atoms with Crippen molar-refractivity contribution in [2.75, 3.05) is 6.54 Å². The van der Waals surface area contributed by atoms with E-state index in [-0.39, 0.29) is 11.7 Å². The number of rotatable bonds is 5. The van der Waals surface area contributed by atoms with Crippen molar-refractivity contribution < 1.29 is 4.79 Å². The summed E-state index contributed by atoms with van der Waals surface area (Å²) in [6, 6.07) is 8.65. The van der Waals surface area contributed by atoms with Crippen LogP contribution in [0.25, 0.3) is 0 Å². The van der Waals surface area contributed by atoms with Gasteiger partial charge >= 0.3 is 0 Å². The van der Waals surface area contributed by atoms with Crippen LogP contribution >= 0.6 is 15.9 Å². The Morgan fingerprint density at radius 1 is 1.38 bits per heavy atom. The van der Waals surface area contributed by atoms with Crippen LogP contribution in [0.5, 0.6) is 0 Å². The Kier molecular flexibility index (Phi) is 5.61. The Morgan fingerprint density at radius 2 is 2.05 bits per heavy atom. The fraction of sp³-hybridized carbons (Fsp3) is 0.611. The minimum Gasteiger partial charge on any atom is -0.313 e. The molecule has 2 atom stereocenters. The molecule has 2 nitrogen and oxygen atoms in total. The van der Waals surface area contributed by atoms with Gasteiger partial charge in [0.2, 0.25) is 0 Å². The molecule has 0 spiro atoms. The summed E-state index contributed by atoms with van der Waals surface area (Å²) in [5, 5.41) is 3.64. The summed E-state index contributed by atoms with van der Waals surface area (Å²) < 4.78 is 1.05. The lowest BCUT2D eigenvalue weighted by atomic mass is 9.75. The molecule has 1 fully saturated rings. The molecule has 3 heteroatoms. The molecule has 1 aliphatic carbocycles. The zero-order valence-electron chi connectivity index (χ0n) is 13.3. The van der Waals surface area contributed by atoms with E-state index < -0.39 is 0 Å². The van der Waals surface area contributed by atoms with E-state index in [2.05, 4.69) is 35.1 Å². The fourth-order valence-electron chi connectivity index (χ4n) is 3.35. The van der Waals surface area contributed by atoms with Crippen LogP contribution in [0.4, 0.5) is 0 Å². The number of carbonyl (C=O) groups is 1. The van der Waals surface area contributed by atoms with E-state index in [4.69, 9.17) is 0 Å². The zero-order valence-corrected chi connectivity index (χ0v) is 14.9. The number of hydrogen-bond acceptors (Lipinski definition) is 2. The molecule has 21 heavy (non-hydrogen) atoms. The minimum atomic E-state index is -0.0388. The molecular formula is C18H26BrNO. The van der Waals surface area contributed by atoms with Gasteiger partial charge in [-0.15, -0.1) is 0 Å². The summed E-state index contributed by atoms with van der Waals surface area (Å²) in [7, 11) is 0. The van der Waals surface area contributed by atoms with Gasteiger partial charge in [-0.05, 0) is 49.3 Å². The summed E-state index contributed by atoms with van der Waals surface area (Å²) in [6.45, 7) is 7.13. The molecule has 0 saturated heterocycles. The summed E-state index contributed by atoms with van der Waals surface area (Å²) in [4.78, 5) is 12.0. The molecule has 1 saturated carbocycles. The van der Waals surface area contributed by atoms with Crippen LogP contribution in [0.3, 0.4) is 0 Å². The van der Waals surface area contributed by atoms with Gasteiger partial charge in [-0.1, -0.05) is 48.3 Å². The van der Waals surface area contributed by atoms with Crippen molar-refractivity contribution in [2.45, 2.75) is 58.4 Å². The highest BCUT2D eigenvalue weighted by Gasteiger charge is 2.28. The molecule has 1 aliphatic rings. The first-order valence-electron chi connectivity index (χ1n) is 7.87.